The average Bonchev–Trinajstić information content (AvgIpc) is 2.73. The zero-order valence-electron chi connectivity index (χ0n) is 13.2. The Morgan fingerprint density at radius 2 is 1.70 bits per heavy atom. The Kier molecular flexibility index (Phi) is 3.41. The smallest absolute Gasteiger partial charge is 0.163 e. The fourth-order valence-corrected chi connectivity index (χ4v) is 3.45. The molecule has 0 saturated carbocycles. The van der Waals surface area contributed by atoms with Gasteiger partial charge in [0.15, 0.2) is 5.78 Å². The highest BCUT2D eigenvalue weighted by molar-refractivity contribution is 6.00. The summed E-state index contributed by atoms with van der Waals surface area (Å²) in [6, 6.07) is 16.5. The van der Waals surface area contributed by atoms with Crippen molar-refractivity contribution in [3.63, 3.8) is 0 Å². The molecule has 23 heavy (non-hydrogen) atoms. The van der Waals surface area contributed by atoms with Crippen LogP contribution in [0.15, 0.2) is 59.8 Å². The van der Waals surface area contributed by atoms with Crippen molar-refractivity contribution in [2.75, 3.05) is 10.6 Å². The number of nitrogens with one attached hydrogen (secondary N) is 2. The maximum absolute atomic E-state index is 12.6. The van der Waals surface area contributed by atoms with Gasteiger partial charge in [-0.3, -0.25) is 4.79 Å². The molecule has 2 aromatic carbocycles. The van der Waals surface area contributed by atoms with Crippen LogP contribution in [-0.2, 0) is 4.79 Å². The number of anilines is 2. The third-order valence-corrected chi connectivity index (χ3v) is 4.67. The molecule has 0 bridgehead atoms. The molecular formula is C20H20N2O. The topological polar surface area (TPSA) is 41.1 Å². The van der Waals surface area contributed by atoms with E-state index in [1.54, 1.807) is 0 Å². The molecule has 0 saturated heterocycles. The number of fused-ring (bicyclic) bond motifs is 1. The Hall–Kier alpha value is -2.55. The van der Waals surface area contributed by atoms with Crippen LogP contribution in [0.1, 0.15) is 36.4 Å². The number of allylic oxidation sites excluding steroid dienone is 1. The quantitative estimate of drug-likeness (QED) is 0.810. The first kappa shape index (κ1) is 14.1. The minimum atomic E-state index is -0.0884. The van der Waals surface area contributed by atoms with E-state index in [1.165, 1.54) is 5.56 Å². The Labute approximate surface area is 136 Å². The lowest BCUT2D eigenvalue weighted by molar-refractivity contribution is -0.116. The molecule has 2 aromatic rings. The number of carbonyl (C=O) groups is 1. The van der Waals surface area contributed by atoms with Gasteiger partial charge in [-0.2, -0.15) is 0 Å². The van der Waals surface area contributed by atoms with Crippen LogP contribution in [0.2, 0.25) is 0 Å². The molecule has 0 aromatic heterocycles. The summed E-state index contributed by atoms with van der Waals surface area (Å²) in [5, 5.41) is 7.08. The van der Waals surface area contributed by atoms with Crippen molar-refractivity contribution >= 4 is 17.2 Å². The maximum atomic E-state index is 12.6. The van der Waals surface area contributed by atoms with Crippen molar-refractivity contribution in [3.8, 4) is 0 Å². The van der Waals surface area contributed by atoms with E-state index in [0.717, 1.165) is 41.1 Å². The molecule has 0 spiro atoms. The normalized spacial score (nSPS) is 20.0. The molecule has 0 amide bonds. The summed E-state index contributed by atoms with van der Waals surface area (Å²) in [4.78, 5) is 12.6. The van der Waals surface area contributed by atoms with Gasteiger partial charge >= 0.3 is 0 Å². The standard InChI is InChI=1S/C20H20N2O/c1-13-9-11-14(12-10-13)20-19-17(7-4-8-18(19)23)21-15-5-2-3-6-16(15)22-20/h2-3,5-6,9-12,20-22H,4,7-8H2,1H3/t20-/m0/s1. The summed E-state index contributed by atoms with van der Waals surface area (Å²) < 4.78 is 0. The summed E-state index contributed by atoms with van der Waals surface area (Å²) in [5.74, 6) is 0.254. The highest BCUT2D eigenvalue weighted by Gasteiger charge is 2.31. The van der Waals surface area contributed by atoms with Crippen molar-refractivity contribution in [3.05, 3.63) is 70.9 Å². The van der Waals surface area contributed by atoms with E-state index in [-0.39, 0.29) is 11.8 Å². The number of ketones is 1. The predicted octanol–water partition coefficient (Wildman–Crippen LogP) is 4.58. The summed E-state index contributed by atoms with van der Waals surface area (Å²) in [6.07, 6.45) is 2.49. The Bertz CT molecular complexity index is 790. The molecule has 4 rings (SSSR count). The van der Waals surface area contributed by atoms with E-state index < -0.39 is 0 Å². The molecule has 0 unspecified atom stereocenters. The minimum absolute atomic E-state index is 0.0884. The van der Waals surface area contributed by atoms with Gasteiger partial charge in [-0.05, 0) is 37.5 Å². The van der Waals surface area contributed by atoms with Gasteiger partial charge in [0.05, 0.1) is 17.4 Å². The number of hydrogen-bond donors (Lipinski definition) is 2. The van der Waals surface area contributed by atoms with E-state index in [4.69, 9.17) is 0 Å². The predicted molar refractivity (Wildman–Crippen MR) is 93.5 cm³/mol. The molecule has 0 radical (unpaired) electrons. The van der Waals surface area contributed by atoms with Crippen molar-refractivity contribution < 1.29 is 4.79 Å². The monoisotopic (exact) mass is 304 g/mol. The van der Waals surface area contributed by atoms with Crippen molar-refractivity contribution in [1.29, 1.82) is 0 Å². The average molecular weight is 304 g/mol. The summed E-state index contributed by atoms with van der Waals surface area (Å²) in [5.41, 5.74) is 6.42. The van der Waals surface area contributed by atoms with Crippen LogP contribution in [0.5, 0.6) is 0 Å². The van der Waals surface area contributed by atoms with Crippen LogP contribution in [-0.4, -0.2) is 5.78 Å². The molecule has 1 aliphatic heterocycles. The van der Waals surface area contributed by atoms with E-state index >= 15 is 0 Å². The highest BCUT2D eigenvalue weighted by atomic mass is 16.1. The molecule has 3 heteroatoms. The van der Waals surface area contributed by atoms with Gasteiger partial charge in [0.25, 0.3) is 0 Å². The minimum Gasteiger partial charge on any atom is -0.372 e. The number of Topliss-reactive ketones (excluding diaryl/α,β-unsaturated/α-hetero) is 1. The van der Waals surface area contributed by atoms with Crippen LogP contribution in [0.25, 0.3) is 0 Å². The fourth-order valence-electron chi connectivity index (χ4n) is 3.45. The lowest BCUT2D eigenvalue weighted by atomic mass is 9.86. The van der Waals surface area contributed by atoms with E-state index in [0.29, 0.717) is 6.42 Å². The van der Waals surface area contributed by atoms with Gasteiger partial charge in [-0.1, -0.05) is 42.0 Å². The molecule has 0 fully saturated rings. The number of benzene rings is 2. The zero-order valence-corrected chi connectivity index (χ0v) is 13.2. The molecule has 3 nitrogen and oxygen atoms in total. The third-order valence-electron chi connectivity index (χ3n) is 4.67. The lowest BCUT2D eigenvalue weighted by Gasteiger charge is -2.25. The van der Waals surface area contributed by atoms with Crippen LogP contribution >= 0.6 is 0 Å². The molecule has 116 valence electrons. The van der Waals surface area contributed by atoms with Crippen LogP contribution in [0.4, 0.5) is 11.4 Å². The first-order valence-electron chi connectivity index (χ1n) is 8.18. The second-order valence-corrected chi connectivity index (χ2v) is 6.33. The van der Waals surface area contributed by atoms with Crippen molar-refractivity contribution in [2.24, 2.45) is 0 Å². The highest BCUT2D eigenvalue weighted by Crippen LogP contribution is 2.40. The van der Waals surface area contributed by atoms with E-state index in [1.807, 2.05) is 12.1 Å². The Balaban J connectivity index is 1.86. The molecule has 1 atom stereocenters. The van der Waals surface area contributed by atoms with Crippen molar-refractivity contribution in [2.45, 2.75) is 32.2 Å². The third kappa shape index (κ3) is 2.52. The van der Waals surface area contributed by atoms with Crippen LogP contribution in [0, 0.1) is 6.92 Å². The SMILES string of the molecule is Cc1ccc([C@@H]2Nc3ccccc3NC3=C2C(=O)CCC3)cc1. The molecule has 1 heterocycles. The first-order chi connectivity index (χ1) is 11.2. The van der Waals surface area contributed by atoms with Gasteiger partial charge in [0, 0.05) is 17.7 Å². The number of aryl methyl sites for hydroxylation is 1. The number of carbonyl (C=O) groups excluding carboxylic acids is 1. The van der Waals surface area contributed by atoms with Gasteiger partial charge in [-0.25, -0.2) is 0 Å². The second-order valence-electron chi connectivity index (χ2n) is 6.33. The zero-order chi connectivity index (χ0) is 15.8. The molecule has 2 aliphatic rings. The second kappa shape index (κ2) is 5.58. The van der Waals surface area contributed by atoms with Crippen molar-refractivity contribution in [1.82, 2.24) is 0 Å². The van der Waals surface area contributed by atoms with Gasteiger partial charge < -0.3 is 10.6 Å². The van der Waals surface area contributed by atoms with Gasteiger partial charge in [-0.15, -0.1) is 0 Å². The largest absolute Gasteiger partial charge is 0.372 e. The van der Waals surface area contributed by atoms with Gasteiger partial charge in [0.1, 0.15) is 0 Å². The summed E-state index contributed by atoms with van der Waals surface area (Å²) in [7, 11) is 0. The van der Waals surface area contributed by atoms with E-state index in [2.05, 4.69) is 54.0 Å². The number of hydrogen-bond acceptors (Lipinski definition) is 3. The first-order valence-corrected chi connectivity index (χ1v) is 8.18. The molecule has 1 aliphatic carbocycles. The Morgan fingerprint density at radius 3 is 2.48 bits per heavy atom. The lowest BCUT2D eigenvalue weighted by Crippen LogP contribution is -2.23. The number of rotatable bonds is 1. The van der Waals surface area contributed by atoms with Crippen LogP contribution in [0.3, 0.4) is 0 Å². The van der Waals surface area contributed by atoms with Crippen LogP contribution < -0.4 is 10.6 Å². The summed E-state index contributed by atoms with van der Waals surface area (Å²) in [6.45, 7) is 2.08. The molecular weight excluding hydrogens is 284 g/mol. The summed E-state index contributed by atoms with van der Waals surface area (Å²) >= 11 is 0. The Morgan fingerprint density at radius 1 is 0.957 bits per heavy atom. The molecule has 2 N–H and O–H groups in total. The number of para-hydroxylation sites is 2. The van der Waals surface area contributed by atoms with E-state index in [9.17, 15) is 4.79 Å². The van der Waals surface area contributed by atoms with Gasteiger partial charge in [0.2, 0.25) is 0 Å². The maximum Gasteiger partial charge on any atom is 0.163 e. The fraction of sp³-hybridized carbons (Fsp3) is 0.250.